The topological polar surface area (TPSA) is 84.2 Å². The van der Waals surface area contributed by atoms with Crippen molar-refractivity contribution >= 4 is 22.9 Å². The van der Waals surface area contributed by atoms with Crippen LogP contribution in [0.2, 0.25) is 0 Å². The van der Waals surface area contributed by atoms with Crippen molar-refractivity contribution < 1.29 is 33.0 Å². The highest BCUT2D eigenvalue weighted by atomic mass is 16.6. The van der Waals surface area contributed by atoms with E-state index in [0.29, 0.717) is 46.8 Å². The molecule has 0 saturated heterocycles. The summed E-state index contributed by atoms with van der Waals surface area (Å²) in [5.41, 5.74) is 2.32. The molecule has 1 heterocycles. The second-order valence-corrected chi connectivity index (χ2v) is 6.30. The Morgan fingerprint density at radius 3 is 2.41 bits per heavy atom. The second-order valence-electron chi connectivity index (χ2n) is 6.30. The number of carbonyl (C=O) groups excluding carboxylic acids is 2. The predicted octanol–water partition coefficient (Wildman–Crippen LogP) is 3.91. The normalized spacial score (nSPS) is 10.7. The van der Waals surface area contributed by atoms with E-state index >= 15 is 0 Å². The number of benzene rings is 2. The lowest BCUT2D eigenvalue weighted by atomic mass is 10.1. The first-order chi connectivity index (χ1) is 14.0. The summed E-state index contributed by atoms with van der Waals surface area (Å²) in [5.74, 6) is 0.219. The van der Waals surface area contributed by atoms with Crippen LogP contribution in [0.3, 0.4) is 0 Å². The number of fused-ring (bicyclic) bond motifs is 1. The first-order valence-electron chi connectivity index (χ1n) is 9.02. The van der Waals surface area contributed by atoms with Crippen LogP contribution in [-0.2, 0) is 20.8 Å². The minimum absolute atomic E-state index is 0.166. The summed E-state index contributed by atoms with van der Waals surface area (Å²) < 4.78 is 26.3. The fourth-order valence-corrected chi connectivity index (χ4v) is 2.85. The van der Waals surface area contributed by atoms with Crippen molar-refractivity contribution in [2.45, 2.75) is 13.5 Å². The van der Waals surface area contributed by atoms with Gasteiger partial charge in [0.05, 0.1) is 19.3 Å². The van der Waals surface area contributed by atoms with Gasteiger partial charge in [0.25, 0.3) is 0 Å². The fraction of sp³-hybridized carbons (Fsp3) is 0.273. The molecule has 29 heavy (non-hydrogen) atoms. The van der Waals surface area contributed by atoms with Crippen molar-refractivity contribution in [3.63, 3.8) is 0 Å². The van der Waals surface area contributed by atoms with Gasteiger partial charge in [-0.2, -0.15) is 0 Å². The number of rotatable bonds is 8. The lowest BCUT2D eigenvalue weighted by Gasteiger charge is -2.08. The zero-order valence-corrected chi connectivity index (χ0v) is 16.5. The molecule has 0 aliphatic heterocycles. The minimum Gasteiger partial charge on any atom is -0.489 e. The largest absolute Gasteiger partial charge is 0.489 e. The third kappa shape index (κ3) is 4.75. The van der Waals surface area contributed by atoms with Gasteiger partial charge in [0.15, 0.2) is 0 Å². The highest BCUT2D eigenvalue weighted by Gasteiger charge is 2.20. The maximum Gasteiger partial charge on any atom is 0.342 e. The fourth-order valence-electron chi connectivity index (χ4n) is 2.85. The molecule has 152 valence electrons. The smallest absolute Gasteiger partial charge is 0.342 e. The lowest BCUT2D eigenvalue weighted by Crippen LogP contribution is -2.10. The predicted molar refractivity (Wildman–Crippen MR) is 105 cm³/mol. The van der Waals surface area contributed by atoms with Crippen molar-refractivity contribution in [2.24, 2.45) is 0 Å². The number of methoxy groups -OCH3 is 2. The zero-order chi connectivity index (χ0) is 20.8. The number of aryl methyl sites for hydroxylation is 1. The Morgan fingerprint density at radius 1 is 0.966 bits per heavy atom. The second kappa shape index (κ2) is 9.25. The van der Waals surface area contributed by atoms with E-state index in [1.165, 1.54) is 7.11 Å². The van der Waals surface area contributed by atoms with Gasteiger partial charge in [0.2, 0.25) is 0 Å². The molecule has 0 amide bonds. The first kappa shape index (κ1) is 20.4. The Morgan fingerprint density at radius 2 is 1.72 bits per heavy atom. The molecule has 0 unspecified atom stereocenters. The molecule has 0 aliphatic rings. The Hall–Kier alpha value is -3.32. The number of hydrogen-bond donors (Lipinski definition) is 0. The highest BCUT2D eigenvalue weighted by Crippen LogP contribution is 2.30. The van der Waals surface area contributed by atoms with Gasteiger partial charge in [0.1, 0.15) is 35.9 Å². The Balaban J connectivity index is 1.74. The average molecular weight is 398 g/mol. The molecule has 0 spiro atoms. The average Bonchev–Trinajstić information content (AvgIpc) is 3.07. The van der Waals surface area contributed by atoms with Crippen LogP contribution < -0.4 is 4.74 Å². The molecule has 0 fully saturated rings. The van der Waals surface area contributed by atoms with Crippen LogP contribution in [0.15, 0.2) is 46.9 Å². The summed E-state index contributed by atoms with van der Waals surface area (Å²) in [6.07, 6.45) is 0. The van der Waals surface area contributed by atoms with Crippen LogP contribution in [0.4, 0.5) is 0 Å². The summed E-state index contributed by atoms with van der Waals surface area (Å²) in [5, 5.41) is 0.628. The summed E-state index contributed by atoms with van der Waals surface area (Å²) in [7, 11) is 2.88. The standard InChI is InChI=1S/C22H22O7/c1-14-20(22(24)27-11-10-25-2)18-12-17(8-9-19(18)29-14)28-13-15-4-6-16(7-5-15)21(23)26-3/h4-9,12H,10-11,13H2,1-3H3. The van der Waals surface area contributed by atoms with Gasteiger partial charge in [-0.25, -0.2) is 9.59 Å². The Kier molecular flexibility index (Phi) is 6.51. The quantitative estimate of drug-likeness (QED) is 0.420. The van der Waals surface area contributed by atoms with Crippen molar-refractivity contribution in [1.29, 1.82) is 0 Å². The zero-order valence-electron chi connectivity index (χ0n) is 16.5. The van der Waals surface area contributed by atoms with E-state index in [4.69, 9.17) is 18.6 Å². The maximum absolute atomic E-state index is 12.4. The van der Waals surface area contributed by atoms with Gasteiger partial charge in [-0.15, -0.1) is 0 Å². The van der Waals surface area contributed by atoms with Gasteiger partial charge in [-0.1, -0.05) is 12.1 Å². The van der Waals surface area contributed by atoms with E-state index in [2.05, 4.69) is 4.74 Å². The van der Waals surface area contributed by atoms with E-state index in [0.717, 1.165) is 5.56 Å². The molecule has 0 saturated carbocycles. The molecule has 0 aliphatic carbocycles. The number of carbonyl (C=O) groups is 2. The molecule has 3 rings (SSSR count). The van der Waals surface area contributed by atoms with Crippen LogP contribution in [0.5, 0.6) is 5.75 Å². The summed E-state index contributed by atoms with van der Waals surface area (Å²) in [6, 6.07) is 12.2. The van der Waals surface area contributed by atoms with Gasteiger partial charge in [-0.05, 0) is 42.8 Å². The van der Waals surface area contributed by atoms with Crippen LogP contribution in [-0.4, -0.2) is 39.4 Å². The van der Waals surface area contributed by atoms with Crippen LogP contribution in [0.25, 0.3) is 11.0 Å². The van der Waals surface area contributed by atoms with Gasteiger partial charge in [-0.3, -0.25) is 0 Å². The van der Waals surface area contributed by atoms with E-state index in [1.807, 2.05) is 0 Å². The molecule has 0 atom stereocenters. The van der Waals surface area contributed by atoms with Crippen molar-refractivity contribution in [3.05, 3.63) is 64.9 Å². The molecule has 0 bridgehead atoms. The number of furan rings is 1. The summed E-state index contributed by atoms with van der Waals surface area (Å²) >= 11 is 0. The Bertz CT molecular complexity index is 1000. The van der Waals surface area contributed by atoms with E-state index in [-0.39, 0.29) is 12.6 Å². The SMILES string of the molecule is COCCOC(=O)c1c(C)oc2ccc(OCc3ccc(C(=O)OC)cc3)cc12. The van der Waals surface area contributed by atoms with Crippen LogP contribution >= 0.6 is 0 Å². The van der Waals surface area contributed by atoms with Crippen LogP contribution in [0.1, 0.15) is 32.0 Å². The van der Waals surface area contributed by atoms with E-state index in [1.54, 1.807) is 56.5 Å². The van der Waals surface area contributed by atoms with Gasteiger partial charge in [0, 0.05) is 12.5 Å². The molecule has 0 N–H and O–H groups in total. The lowest BCUT2D eigenvalue weighted by molar-refractivity contribution is 0.0388. The van der Waals surface area contributed by atoms with Crippen molar-refractivity contribution in [2.75, 3.05) is 27.4 Å². The van der Waals surface area contributed by atoms with Gasteiger partial charge >= 0.3 is 11.9 Å². The number of hydrogen-bond acceptors (Lipinski definition) is 7. The Labute approximate surface area is 168 Å². The number of esters is 2. The molecule has 0 radical (unpaired) electrons. The monoisotopic (exact) mass is 398 g/mol. The third-order valence-electron chi connectivity index (χ3n) is 4.34. The highest BCUT2D eigenvalue weighted by molar-refractivity contribution is 6.04. The minimum atomic E-state index is -0.464. The molecule has 3 aromatic rings. The van der Waals surface area contributed by atoms with E-state index in [9.17, 15) is 9.59 Å². The molecular formula is C22H22O7. The van der Waals surface area contributed by atoms with Gasteiger partial charge < -0.3 is 23.4 Å². The first-order valence-corrected chi connectivity index (χ1v) is 9.02. The number of ether oxygens (including phenoxy) is 4. The summed E-state index contributed by atoms with van der Waals surface area (Å²) in [6.45, 7) is 2.51. The molecule has 2 aromatic carbocycles. The van der Waals surface area contributed by atoms with Crippen molar-refractivity contribution in [1.82, 2.24) is 0 Å². The molecule has 7 heteroatoms. The van der Waals surface area contributed by atoms with Crippen molar-refractivity contribution in [3.8, 4) is 5.75 Å². The molecule has 1 aromatic heterocycles. The maximum atomic E-state index is 12.4. The molecule has 7 nitrogen and oxygen atoms in total. The third-order valence-corrected chi connectivity index (χ3v) is 4.34. The summed E-state index contributed by atoms with van der Waals surface area (Å²) in [4.78, 5) is 23.9. The molecular weight excluding hydrogens is 376 g/mol. The van der Waals surface area contributed by atoms with Crippen LogP contribution in [0, 0.1) is 6.92 Å². The van der Waals surface area contributed by atoms with E-state index < -0.39 is 5.97 Å².